The highest BCUT2D eigenvalue weighted by Gasteiger charge is 2.17. The largest absolute Gasteiger partial charge is 0.497 e. The molecule has 7 nitrogen and oxygen atoms in total. The van der Waals surface area contributed by atoms with Gasteiger partial charge in [0.05, 0.1) is 23.5 Å². The van der Waals surface area contributed by atoms with E-state index in [-0.39, 0.29) is 16.4 Å². The van der Waals surface area contributed by atoms with Crippen LogP contribution < -0.4 is 9.62 Å². The maximum atomic E-state index is 12.2. The van der Waals surface area contributed by atoms with E-state index in [9.17, 15) is 16.8 Å². The highest BCUT2D eigenvalue weighted by molar-refractivity contribution is 7.91. The van der Waals surface area contributed by atoms with Crippen molar-refractivity contribution in [3.05, 3.63) is 54.1 Å². The number of methoxy groups -OCH3 is 1. The molecule has 0 aliphatic heterocycles. The number of sulfone groups is 1. The summed E-state index contributed by atoms with van der Waals surface area (Å²) in [5.74, 6) is 0.625. The minimum Gasteiger partial charge on any atom is -0.497 e. The van der Waals surface area contributed by atoms with Gasteiger partial charge in [0, 0.05) is 6.26 Å². The molecule has 0 atom stereocenters. The Morgan fingerprint density at radius 3 is 2.29 bits per heavy atom. The number of nitrogens with one attached hydrogen (secondary N) is 1. The Kier molecular flexibility index (Phi) is 5.60. The van der Waals surface area contributed by atoms with Gasteiger partial charge < -0.3 is 4.74 Å². The van der Waals surface area contributed by atoms with Crippen molar-refractivity contribution < 1.29 is 26.4 Å². The summed E-state index contributed by atoms with van der Waals surface area (Å²) < 4.78 is 52.4. The Balaban J connectivity index is 2.09. The van der Waals surface area contributed by atoms with Crippen molar-refractivity contribution in [1.29, 1.82) is 0 Å². The van der Waals surface area contributed by atoms with Gasteiger partial charge in [-0.2, -0.15) is 0 Å². The maximum absolute atomic E-state index is 12.2. The monoisotopic (exact) mass is 371 g/mol. The molecular weight excluding hydrogens is 354 g/mol. The van der Waals surface area contributed by atoms with Crippen LogP contribution in [0.15, 0.2) is 58.3 Å². The summed E-state index contributed by atoms with van der Waals surface area (Å²) in [5.41, 5.74) is 0.710. The summed E-state index contributed by atoms with van der Waals surface area (Å²) in [6.07, 6.45) is 1.01. The number of sulfonamides is 1. The van der Waals surface area contributed by atoms with Crippen LogP contribution in [0.1, 0.15) is 5.56 Å². The molecule has 2 rings (SSSR count). The molecular formula is C15H17NO6S2. The van der Waals surface area contributed by atoms with Crippen LogP contribution in [0.5, 0.6) is 5.75 Å². The second-order valence-electron chi connectivity index (χ2n) is 4.97. The van der Waals surface area contributed by atoms with Gasteiger partial charge in [0.25, 0.3) is 10.0 Å². The minimum absolute atomic E-state index is 0.0117. The third-order valence-corrected chi connectivity index (χ3v) is 5.41. The van der Waals surface area contributed by atoms with E-state index in [2.05, 4.69) is 0 Å². The van der Waals surface area contributed by atoms with Crippen molar-refractivity contribution >= 4 is 19.9 Å². The molecule has 0 aliphatic rings. The number of ether oxygens (including phenoxy) is 1. The van der Waals surface area contributed by atoms with Crippen LogP contribution in [0.3, 0.4) is 0 Å². The van der Waals surface area contributed by atoms with Gasteiger partial charge in [0.2, 0.25) is 0 Å². The fourth-order valence-electron chi connectivity index (χ4n) is 1.87. The van der Waals surface area contributed by atoms with Crippen molar-refractivity contribution in [1.82, 2.24) is 4.89 Å². The van der Waals surface area contributed by atoms with Crippen molar-refractivity contribution in [2.45, 2.75) is 16.4 Å². The fraction of sp³-hybridized carbons (Fsp3) is 0.200. The normalized spacial score (nSPS) is 12.1. The number of benzene rings is 2. The highest BCUT2D eigenvalue weighted by Crippen LogP contribution is 2.16. The lowest BCUT2D eigenvalue weighted by atomic mass is 10.2. The van der Waals surface area contributed by atoms with Gasteiger partial charge in [0.1, 0.15) is 5.75 Å². The molecule has 0 unspecified atom stereocenters. The number of hydrogen-bond donors (Lipinski definition) is 1. The lowest BCUT2D eigenvalue weighted by Gasteiger charge is -2.09. The van der Waals surface area contributed by atoms with Crippen LogP contribution in [-0.2, 0) is 31.3 Å². The molecule has 2 aromatic rings. The smallest absolute Gasteiger partial charge is 0.262 e. The second kappa shape index (κ2) is 7.31. The molecule has 0 saturated carbocycles. The van der Waals surface area contributed by atoms with E-state index in [0.29, 0.717) is 11.3 Å². The fourth-order valence-corrected chi connectivity index (χ4v) is 3.46. The predicted octanol–water partition coefficient (Wildman–Crippen LogP) is 1.51. The lowest BCUT2D eigenvalue weighted by molar-refractivity contribution is 0.0794. The standard InChI is InChI=1S/C15H17NO6S2/c1-21-13-6-3-5-12(9-13)11-22-16-24(19,20)15-8-4-7-14(10-15)23(2,17)18/h3-10,16H,11H2,1-2H3. The van der Waals surface area contributed by atoms with E-state index < -0.39 is 19.9 Å². The van der Waals surface area contributed by atoms with Crippen LogP contribution in [-0.4, -0.2) is 30.2 Å². The maximum Gasteiger partial charge on any atom is 0.262 e. The Morgan fingerprint density at radius 2 is 1.62 bits per heavy atom. The van der Waals surface area contributed by atoms with Crippen molar-refractivity contribution in [3.63, 3.8) is 0 Å². The molecule has 9 heteroatoms. The molecule has 2 aromatic carbocycles. The lowest BCUT2D eigenvalue weighted by Crippen LogP contribution is -2.24. The van der Waals surface area contributed by atoms with E-state index in [1.807, 2.05) is 4.89 Å². The molecule has 0 radical (unpaired) electrons. The Hall–Kier alpha value is -1.94. The molecule has 0 bridgehead atoms. The predicted molar refractivity (Wildman–Crippen MR) is 87.7 cm³/mol. The molecule has 0 spiro atoms. The van der Waals surface area contributed by atoms with Crippen LogP contribution in [0.4, 0.5) is 0 Å². The topological polar surface area (TPSA) is 98.8 Å². The second-order valence-corrected chi connectivity index (χ2v) is 8.63. The quantitative estimate of drug-likeness (QED) is 0.741. The summed E-state index contributed by atoms with van der Waals surface area (Å²) >= 11 is 0. The number of rotatable bonds is 7. The molecule has 0 aliphatic carbocycles. The van der Waals surface area contributed by atoms with Gasteiger partial charge in [-0.05, 0) is 35.9 Å². The first-order valence-electron chi connectivity index (χ1n) is 6.79. The molecule has 0 heterocycles. The molecule has 0 aromatic heterocycles. The number of hydrogen-bond acceptors (Lipinski definition) is 6. The summed E-state index contributed by atoms with van der Waals surface area (Å²) in [4.78, 5) is 6.71. The third kappa shape index (κ3) is 4.78. The third-order valence-electron chi connectivity index (χ3n) is 3.09. The summed E-state index contributed by atoms with van der Waals surface area (Å²) in [7, 11) is -5.98. The van der Waals surface area contributed by atoms with Crippen LogP contribution in [0.2, 0.25) is 0 Å². The van der Waals surface area contributed by atoms with Crippen molar-refractivity contribution in [3.8, 4) is 5.75 Å². The van der Waals surface area contributed by atoms with E-state index in [1.165, 1.54) is 25.3 Å². The molecule has 0 amide bonds. The Labute approximate surface area is 141 Å². The van der Waals surface area contributed by atoms with Gasteiger partial charge in [-0.3, -0.25) is 4.84 Å². The molecule has 130 valence electrons. The zero-order valence-electron chi connectivity index (χ0n) is 13.1. The van der Waals surface area contributed by atoms with Gasteiger partial charge in [-0.15, -0.1) is 0 Å². The minimum atomic E-state index is -4.00. The zero-order valence-corrected chi connectivity index (χ0v) is 14.7. The zero-order chi connectivity index (χ0) is 17.8. The van der Waals surface area contributed by atoms with Gasteiger partial charge >= 0.3 is 0 Å². The van der Waals surface area contributed by atoms with Crippen LogP contribution in [0, 0.1) is 0 Å². The molecule has 24 heavy (non-hydrogen) atoms. The summed E-state index contributed by atoms with van der Waals surface area (Å²) in [6, 6.07) is 12.0. The molecule has 0 saturated heterocycles. The van der Waals surface area contributed by atoms with Crippen molar-refractivity contribution in [2.75, 3.05) is 13.4 Å². The van der Waals surface area contributed by atoms with E-state index in [4.69, 9.17) is 9.57 Å². The Bertz CT molecular complexity index is 922. The summed E-state index contributed by atoms with van der Waals surface area (Å²) in [6.45, 7) is -0.0117. The van der Waals surface area contributed by atoms with E-state index >= 15 is 0 Å². The van der Waals surface area contributed by atoms with Crippen LogP contribution >= 0.6 is 0 Å². The van der Waals surface area contributed by atoms with Gasteiger partial charge in [-0.25, -0.2) is 16.8 Å². The average Bonchev–Trinajstić information content (AvgIpc) is 2.54. The highest BCUT2D eigenvalue weighted by atomic mass is 32.2. The molecule has 0 fully saturated rings. The van der Waals surface area contributed by atoms with E-state index in [1.54, 1.807) is 24.3 Å². The first kappa shape index (κ1) is 18.4. The van der Waals surface area contributed by atoms with Gasteiger partial charge in [0.15, 0.2) is 9.84 Å². The van der Waals surface area contributed by atoms with Crippen LogP contribution in [0.25, 0.3) is 0 Å². The SMILES string of the molecule is COc1cccc(CONS(=O)(=O)c2cccc(S(C)(=O)=O)c2)c1. The first-order valence-corrected chi connectivity index (χ1v) is 10.2. The first-order chi connectivity index (χ1) is 11.2. The average molecular weight is 371 g/mol. The van der Waals surface area contributed by atoms with Crippen molar-refractivity contribution in [2.24, 2.45) is 0 Å². The summed E-state index contributed by atoms with van der Waals surface area (Å²) in [5, 5.41) is 0. The van der Waals surface area contributed by atoms with E-state index in [0.717, 1.165) is 12.3 Å². The van der Waals surface area contributed by atoms with Gasteiger partial charge in [-0.1, -0.05) is 23.1 Å². The Morgan fingerprint density at radius 1 is 0.958 bits per heavy atom. The molecule has 1 N–H and O–H groups in total.